The van der Waals surface area contributed by atoms with E-state index in [1.807, 2.05) is 43.4 Å². The lowest BCUT2D eigenvalue weighted by Crippen LogP contribution is -3.08. The molecule has 0 bridgehead atoms. The van der Waals surface area contributed by atoms with Gasteiger partial charge in [0.25, 0.3) is 5.91 Å². The average Bonchev–Trinajstić information content (AvgIpc) is 2.56. The van der Waals surface area contributed by atoms with Crippen molar-refractivity contribution >= 4 is 29.3 Å². The van der Waals surface area contributed by atoms with Crippen LogP contribution in [0.1, 0.15) is 11.1 Å². The molecular formula is C19H24N3O2S+. The van der Waals surface area contributed by atoms with E-state index in [4.69, 9.17) is 5.73 Å². The number of likely N-dealkylation sites (N-methyl/N-ethyl adjacent to an activating group) is 1. The number of rotatable bonds is 8. The van der Waals surface area contributed by atoms with Crippen LogP contribution in [0.25, 0.3) is 0 Å². The number of hydrogen-bond acceptors (Lipinski definition) is 3. The molecule has 0 saturated carbocycles. The minimum absolute atomic E-state index is 0.0572. The number of hydrogen-bond donors (Lipinski definition) is 3. The van der Waals surface area contributed by atoms with E-state index in [0.717, 1.165) is 16.3 Å². The first kappa shape index (κ1) is 19.0. The number of thioether (sulfide) groups is 1. The number of nitrogens with two attached hydrogens (primary N) is 1. The van der Waals surface area contributed by atoms with Gasteiger partial charge in [0, 0.05) is 10.5 Å². The summed E-state index contributed by atoms with van der Waals surface area (Å²) in [7, 11) is 2.00. The first-order valence-electron chi connectivity index (χ1n) is 8.11. The summed E-state index contributed by atoms with van der Waals surface area (Å²) < 4.78 is 0. The Bertz CT molecular complexity index is 749. The van der Waals surface area contributed by atoms with Crippen molar-refractivity contribution in [2.45, 2.75) is 18.4 Å². The summed E-state index contributed by atoms with van der Waals surface area (Å²) in [6.07, 6.45) is 0. The van der Waals surface area contributed by atoms with Gasteiger partial charge in [-0.05, 0) is 24.6 Å². The van der Waals surface area contributed by atoms with Gasteiger partial charge in [0.15, 0.2) is 6.54 Å². The van der Waals surface area contributed by atoms with E-state index in [1.165, 1.54) is 22.9 Å². The van der Waals surface area contributed by atoms with Crippen LogP contribution in [0.4, 0.5) is 5.69 Å². The van der Waals surface area contributed by atoms with E-state index in [9.17, 15) is 9.59 Å². The number of primary amides is 1. The zero-order valence-corrected chi connectivity index (χ0v) is 15.4. The molecule has 2 aromatic carbocycles. The third-order valence-corrected chi connectivity index (χ3v) is 4.84. The smallest absolute Gasteiger partial charge is 0.279 e. The molecule has 2 rings (SSSR count). The van der Waals surface area contributed by atoms with E-state index in [2.05, 4.69) is 24.4 Å². The van der Waals surface area contributed by atoms with E-state index >= 15 is 0 Å². The van der Waals surface area contributed by atoms with Crippen molar-refractivity contribution in [1.82, 2.24) is 0 Å². The molecule has 2 aromatic rings. The van der Waals surface area contributed by atoms with E-state index in [1.54, 1.807) is 0 Å². The van der Waals surface area contributed by atoms with Crippen molar-refractivity contribution in [3.05, 3.63) is 59.7 Å². The predicted molar refractivity (Wildman–Crippen MR) is 102 cm³/mol. The molecule has 1 atom stereocenters. The molecule has 0 aliphatic rings. The highest BCUT2D eigenvalue weighted by Crippen LogP contribution is 2.26. The van der Waals surface area contributed by atoms with Gasteiger partial charge in [-0.2, -0.15) is 0 Å². The monoisotopic (exact) mass is 358 g/mol. The summed E-state index contributed by atoms with van der Waals surface area (Å²) in [5.74, 6) is -0.252. The molecular weight excluding hydrogens is 334 g/mol. The number of para-hydroxylation sites is 1. The summed E-state index contributed by atoms with van der Waals surface area (Å²) in [5.41, 5.74) is 8.38. The van der Waals surface area contributed by atoms with Gasteiger partial charge >= 0.3 is 0 Å². The molecule has 0 aliphatic carbocycles. The lowest BCUT2D eigenvalue weighted by Gasteiger charge is -2.16. The molecule has 5 nitrogen and oxygen atoms in total. The zero-order chi connectivity index (χ0) is 18.2. The Morgan fingerprint density at radius 1 is 1.12 bits per heavy atom. The van der Waals surface area contributed by atoms with Crippen molar-refractivity contribution in [3.63, 3.8) is 0 Å². The molecule has 0 heterocycles. The predicted octanol–water partition coefficient (Wildman–Crippen LogP) is 1.23. The third-order valence-electron chi connectivity index (χ3n) is 3.75. The Kier molecular flexibility index (Phi) is 7.03. The Labute approximate surface area is 152 Å². The van der Waals surface area contributed by atoms with Crippen LogP contribution in [0.2, 0.25) is 0 Å². The normalized spacial score (nSPS) is 11.8. The molecule has 0 aromatic heterocycles. The number of anilines is 1. The van der Waals surface area contributed by atoms with Gasteiger partial charge in [-0.25, -0.2) is 0 Å². The zero-order valence-electron chi connectivity index (χ0n) is 14.5. The fourth-order valence-electron chi connectivity index (χ4n) is 2.51. The summed E-state index contributed by atoms with van der Waals surface area (Å²) in [6.45, 7) is 3.23. The van der Waals surface area contributed by atoms with E-state index < -0.39 is 0 Å². The van der Waals surface area contributed by atoms with Crippen LogP contribution >= 0.6 is 11.8 Å². The quantitative estimate of drug-likeness (QED) is 0.621. The highest BCUT2D eigenvalue weighted by Gasteiger charge is 2.13. The molecule has 132 valence electrons. The second kappa shape index (κ2) is 9.25. The number of aryl methyl sites for hydroxylation is 1. The summed E-state index contributed by atoms with van der Waals surface area (Å²) >= 11 is 1.32. The minimum atomic E-state index is -0.381. The maximum atomic E-state index is 12.4. The van der Waals surface area contributed by atoms with Crippen molar-refractivity contribution in [2.24, 2.45) is 5.73 Å². The number of nitrogens with one attached hydrogen (secondary N) is 2. The van der Waals surface area contributed by atoms with E-state index in [0.29, 0.717) is 12.2 Å². The molecule has 2 amide bonds. The Morgan fingerprint density at radius 2 is 1.80 bits per heavy atom. The molecule has 0 fully saturated rings. The second-order valence-corrected chi connectivity index (χ2v) is 7.05. The van der Waals surface area contributed by atoms with Crippen molar-refractivity contribution in [1.29, 1.82) is 0 Å². The van der Waals surface area contributed by atoms with Crippen LogP contribution in [0.5, 0.6) is 0 Å². The van der Waals surface area contributed by atoms with Gasteiger partial charge in [-0.1, -0.05) is 36.4 Å². The van der Waals surface area contributed by atoms with Crippen molar-refractivity contribution in [2.75, 3.05) is 24.7 Å². The Balaban J connectivity index is 1.93. The van der Waals surface area contributed by atoms with Crippen molar-refractivity contribution < 1.29 is 14.5 Å². The molecule has 1 unspecified atom stereocenters. The molecule has 25 heavy (non-hydrogen) atoms. The molecule has 0 saturated heterocycles. The topological polar surface area (TPSA) is 76.6 Å². The molecule has 6 heteroatoms. The molecule has 0 aliphatic heterocycles. The van der Waals surface area contributed by atoms with Crippen LogP contribution in [0, 0.1) is 6.92 Å². The van der Waals surface area contributed by atoms with Gasteiger partial charge in [-0.3, -0.25) is 9.59 Å². The maximum Gasteiger partial charge on any atom is 0.279 e. The number of benzene rings is 2. The van der Waals surface area contributed by atoms with Crippen molar-refractivity contribution in [3.8, 4) is 0 Å². The van der Waals surface area contributed by atoms with Crippen LogP contribution in [-0.2, 0) is 16.1 Å². The number of carbonyl (C=O) groups is 2. The number of carbonyl (C=O) groups excluding carboxylic acids is 2. The highest BCUT2D eigenvalue weighted by atomic mass is 32.2. The minimum Gasteiger partial charge on any atom is -0.369 e. The average molecular weight is 358 g/mol. The fourth-order valence-corrected chi connectivity index (χ4v) is 3.26. The van der Waals surface area contributed by atoms with Gasteiger partial charge in [-0.15, -0.1) is 11.8 Å². The largest absolute Gasteiger partial charge is 0.369 e. The van der Waals surface area contributed by atoms with Gasteiger partial charge < -0.3 is 16.0 Å². The number of quaternary nitrogens is 1. The van der Waals surface area contributed by atoms with Crippen LogP contribution in [0.15, 0.2) is 53.4 Å². The van der Waals surface area contributed by atoms with Crippen LogP contribution in [0.3, 0.4) is 0 Å². The summed E-state index contributed by atoms with van der Waals surface area (Å²) in [6, 6.07) is 15.6. The fraction of sp³-hybridized carbons (Fsp3) is 0.263. The van der Waals surface area contributed by atoms with Crippen LogP contribution in [-0.4, -0.2) is 31.2 Å². The Morgan fingerprint density at radius 3 is 2.52 bits per heavy atom. The molecule has 0 radical (unpaired) electrons. The summed E-state index contributed by atoms with van der Waals surface area (Å²) in [4.78, 5) is 25.3. The standard InChI is InChI=1S/C19H23N3O2S/c1-14-7-3-4-8-15(14)11-22(2)12-19(24)21-16-9-5-6-10-17(16)25-13-18(20)23/h3-10H,11-13H2,1-2H3,(H2,20,23)(H,21,24)/p+1. The van der Waals surface area contributed by atoms with Gasteiger partial charge in [0.2, 0.25) is 5.91 Å². The molecule has 4 N–H and O–H groups in total. The first-order valence-corrected chi connectivity index (χ1v) is 9.10. The maximum absolute atomic E-state index is 12.4. The lowest BCUT2D eigenvalue weighted by molar-refractivity contribution is -0.885. The van der Waals surface area contributed by atoms with Crippen LogP contribution < -0.4 is 16.0 Å². The second-order valence-electron chi connectivity index (χ2n) is 6.04. The highest BCUT2D eigenvalue weighted by molar-refractivity contribution is 8.00. The van der Waals surface area contributed by atoms with E-state index in [-0.39, 0.29) is 17.6 Å². The van der Waals surface area contributed by atoms with Gasteiger partial charge in [0.05, 0.1) is 18.5 Å². The SMILES string of the molecule is Cc1ccccc1C[NH+](C)CC(=O)Nc1ccccc1SCC(N)=O. The first-order chi connectivity index (χ1) is 12.0. The van der Waals surface area contributed by atoms with Gasteiger partial charge in [0.1, 0.15) is 6.54 Å². The third kappa shape index (κ3) is 6.25. The number of amides is 2. The summed E-state index contributed by atoms with van der Waals surface area (Å²) in [5, 5.41) is 2.93. The lowest BCUT2D eigenvalue weighted by atomic mass is 10.1. The molecule has 0 spiro atoms. The Hall–Kier alpha value is -2.31.